The summed E-state index contributed by atoms with van der Waals surface area (Å²) in [4.78, 5) is 38.1. The van der Waals surface area contributed by atoms with E-state index in [4.69, 9.17) is 17.3 Å². The number of carbonyl (C=O) groups excluding carboxylic acids is 3. The highest BCUT2D eigenvalue weighted by Crippen LogP contribution is 2.36. The zero-order valence-corrected chi connectivity index (χ0v) is 17.1. The van der Waals surface area contributed by atoms with Crippen molar-refractivity contribution in [2.45, 2.75) is 24.3 Å². The summed E-state index contributed by atoms with van der Waals surface area (Å²) in [5.74, 6) is 0.0610. The summed E-state index contributed by atoms with van der Waals surface area (Å²) in [5.41, 5.74) is 7.91. The predicted octanol–water partition coefficient (Wildman–Crippen LogP) is 1.93. The van der Waals surface area contributed by atoms with Crippen LogP contribution in [0.5, 0.6) is 0 Å². The number of anilines is 1. The van der Waals surface area contributed by atoms with Gasteiger partial charge in [0.25, 0.3) is 0 Å². The Morgan fingerprint density at radius 2 is 1.83 bits per heavy atom. The maximum atomic E-state index is 12.7. The van der Waals surface area contributed by atoms with E-state index in [9.17, 15) is 14.4 Å². The van der Waals surface area contributed by atoms with Gasteiger partial charge in [-0.3, -0.25) is 14.4 Å². The van der Waals surface area contributed by atoms with E-state index in [-0.39, 0.29) is 11.8 Å². The van der Waals surface area contributed by atoms with Gasteiger partial charge in [0.15, 0.2) is 0 Å². The van der Waals surface area contributed by atoms with Crippen LogP contribution in [0.25, 0.3) is 5.69 Å². The topological polar surface area (TPSA) is 110 Å². The molecule has 3 N–H and O–H groups in total. The maximum Gasteiger partial charge on any atom is 0.315 e. The van der Waals surface area contributed by atoms with Gasteiger partial charge >= 0.3 is 11.8 Å². The summed E-state index contributed by atoms with van der Waals surface area (Å²) in [6.07, 6.45) is 0.951. The lowest BCUT2D eigenvalue weighted by Crippen LogP contribution is -2.46. The van der Waals surface area contributed by atoms with E-state index in [2.05, 4.69) is 10.4 Å². The number of hydrogen-bond donors (Lipinski definition) is 2. The number of piperidine rings is 1. The Bertz CT molecular complexity index is 967. The largest absolute Gasteiger partial charge is 0.369 e. The number of likely N-dealkylation sites (tertiary alicyclic amines) is 1. The number of amides is 3. The van der Waals surface area contributed by atoms with Gasteiger partial charge in [0, 0.05) is 41.1 Å². The molecule has 0 radical (unpaired) electrons. The number of thioether (sulfide) groups is 1. The number of fused-ring (bicyclic) bond motifs is 1. The van der Waals surface area contributed by atoms with Gasteiger partial charge in [-0.1, -0.05) is 11.6 Å². The van der Waals surface area contributed by atoms with Crippen LogP contribution < -0.4 is 11.1 Å². The van der Waals surface area contributed by atoms with Crippen molar-refractivity contribution < 1.29 is 14.4 Å². The quantitative estimate of drug-likeness (QED) is 0.718. The Balaban J connectivity index is 1.53. The Hall–Kier alpha value is -2.52. The summed E-state index contributed by atoms with van der Waals surface area (Å²) in [5, 5.41) is 7.98. The molecule has 10 heteroatoms. The first-order chi connectivity index (χ1) is 13.9. The number of rotatable bonds is 3. The fraction of sp³-hybridized carbons (Fsp3) is 0.368. The Labute approximate surface area is 176 Å². The second-order valence-corrected chi connectivity index (χ2v) is 8.50. The van der Waals surface area contributed by atoms with Crippen molar-refractivity contribution in [3.05, 3.63) is 40.5 Å². The molecule has 2 aliphatic heterocycles. The molecule has 2 aliphatic rings. The normalized spacial score (nSPS) is 16.5. The molecule has 29 heavy (non-hydrogen) atoms. The van der Waals surface area contributed by atoms with Crippen molar-refractivity contribution in [1.29, 1.82) is 0 Å². The Morgan fingerprint density at radius 1 is 1.14 bits per heavy atom. The molecule has 0 unspecified atom stereocenters. The summed E-state index contributed by atoms with van der Waals surface area (Å²) in [7, 11) is 0. The van der Waals surface area contributed by atoms with Crippen molar-refractivity contribution in [2.75, 3.05) is 18.4 Å². The van der Waals surface area contributed by atoms with Gasteiger partial charge in [-0.05, 0) is 37.1 Å². The molecule has 0 bridgehead atoms. The molecule has 1 aromatic carbocycles. The molecule has 8 nitrogen and oxygen atoms in total. The highest BCUT2D eigenvalue weighted by atomic mass is 35.5. The Kier molecular flexibility index (Phi) is 5.51. The lowest BCUT2D eigenvalue weighted by atomic mass is 9.96. The van der Waals surface area contributed by atoms with E-state index >= 15 is 0 Å². The summed E-state index contributed by atoms with van der Waals surface area (Å²) in [6, 6.07) is 7.11. The molecule has 2 aromatic rings. The van der Waals surface area contributed by atoms with Gasteiger partial charge in [-0.2, -0.15) is 16.9 Å². The third-order valence-electron chi connectivity index (χ3n) is 5.23. The highest BCUT2D eigenvalue weighted by molar-refractivity contribution is 7.98. The predicted molar refractivity (Wildman–Crippen MR) is 111 cm³/mol. The maximum absolute atomic E-state index is 12.7. The van der Waals surface area contributed by atoms with E-state index in [0.29, 0.717) is 36.8 Å². The molecule has 0 saturated carbocycles. The SMILES string of the molecule is NC(=O)C1CCN(C(=O)C(=O)Nc2c3c(nn2-c2ccc(Cl)cc2)CSC3)CC1. The minimum absolute atomic E-state index is 0.242. The summed E-state index contributed by atoms with van der Waals surface area (Å²) >= 11 is 7.68. The number of benzene rings is 1. The van der Waals surface area contributed by atoms with Crippen LogP contribution in [0.15, 0.2) is 24.3 Å². The number of carbonyl (C=O) groups is 3. The first kappa shape index (κ1) is 19.8. The number of hydrogen-bond acceptors (Lipinski definition) is 5. The van der Waals surface area contributed by atoms with Crippen LogP contribution in [0.4, 0.5) is 5.82 Å². The van der Waals surface area contributed by atoms with Crippen LogP contribution in [0.3, 0.4) is 0 Å². The number of aromatic nitrogens is 2. The fourth-order valence-corrected chi connectivity index (χ4v) is 4.74. The molecule has 1 fully saturated rings. The number of nitrogens with zero attached hydrogens (tertiary/aromatic N) is 3. The van der Waals surface area contributed by atoms with Gasteiger partial charge < -0.3 is 16.0 Å². The second kappa shape index (κ2) is 8.08. The molecule has 0 spiro atoms. The van der Waals surface area contributed by atoms with E-state index in [1.165, 1.54) is 4.90 Å². The minimum Gasteiger partial charge on any atom is -0.369 e. The molecular formula is C19H20ClN5O3S. The number of halogens is 1. The zero-order chi connectivity index (χ0) is 20.5. The molecule has 4 rings (SSSR count). The molecular weight excluding hydrogens is 414 g/mol. The average molecular weight is 434 g/mol. The van der Waals surface area contributed by atoms with Crippen molar-refractivity contribution >= 4 is 46.9 Å². The first-order valence-corrected chi connectivity index (χ1v) is 10.8. The van der Waals surface area contributed by atoms with Crippen molar-refractivity contribution in [3.63, 3.8) is 0 Å². The number of nitrogens with one attached hydrogen (secondary N) is 1. The van der Waals surface area contributed by atoms with Crippen LogP contribution in [-0.4, -0.2) is 45.5 Å². The monoisotopic (exact) mass is 433 g/mol. The molecule has 3 amide bonds. The minimum atomic E-state index is -0.711. The molecule has 1 saturated heterocycles. The van der Waals surface area contributed by atoms with Crippen LogP contribution in [0, 0.1) is 5.92 Å². The van der Waals surface area contributed by atoms with Gasteiger partial charge in [-0.25, -0.2) is 4.68 Å². The first-order valence-electron chi connectivity index (χ1n) is 9.28. The van der Waals surface area contributed by atoms with E-state index in [1.54, 1.807) is 28.6 Å². The van der Waals surface area contributed by atoms with E-state index < -0.39 is 11.8 Å². The third kappa shape index (κ3) is 3.97. The number of primary amides is 1. The fourth-order valence-electron chi connectivity index (χ4n) is 3.58. The van der Waals surface area contributed by atoms with Crippen LogP contribution in [0.2, 0.25) is 5.02 Å². The molecule has 152 valence electrons. The standard InChI is InChI=1S/C19H20ClN5O3S/c20-12-1-3-13(4-2-12)25-17(14-9-29-10-15(14)23-25)22-18(27)19(28)24-7-5-11(6-8-24)16(21)26/h1-4,11H,5-10H2,(H2,21,26)(H,22,27). The van der Waals surface area contributed by atoms with Crippen molar-refractivity contribution in [2.24, 2.45) is 11.7 Å². The van der Waals surface area contributed by atoms with Crippen LogP contribution >= 0.6 is 23.4 Å². The molecule has 0 aliphatic carbocycles. The van der Waals surface area contributed by atoms with Crippen molar-refractivity contribution in [3.8, 4) is 5.69 Å². The molecule has 1 aromatic heterocycles. The van der Waals surface area contributed by atoms with E-state index in [1.807, 2.05) is 12.1 Å². The van der Waals surface area contributed by atoms with Crippen LogP contribution in [0.1, 0.15) is 24.1 Å². The van der Waals surface area contributed by atoms with Gasteiger partial charge in [0.1, 0.15) is 5.82 Å². The van der Waals surface area contributed by atoms with Gasteiger partial charge in [0.05, 0.1) is 11.4 Å². The average Bonchev–Trinajstić information content (AvgIpc) is 3.31. The van der Waals surface area contributed by atoms with Crippen molar-refractivity contribution in [1.82, 2.24) is 14.7 Å². The Morgan fingerprint density at radius 3 is 2.48 bits per heavy atom. The second-order valence-electron chi connectivity index (χ2n) is 7.08. The molecule has 3 heterocycles. The van der Waals surface area contributed by atoms with Gasteiger partial charge in [-0.15, -0.1) is 0 Å². The lowest BCUT2D eigenvalue weighted by molar-refractivity contribution is -0.144. The van der Waals surface area contributed by atoms with Gasteiger partial charge in [0.2, 0.25) is 5.91 Å². The summed E-state index contributed by atoms with van der Waals surface area (Å²) in [6.45, 7) is 0.675. The highest BCUT2D eigenvalue weighted by Gasteiger charge is 2.31. The van der Waals surface area contributed by atoms with E-state index in [0.717, 1.165) is 28.5 Å². The lowest BCUT2D eigenvalue weighted by Gasteiger charge is -2.30. The summed E-state index contributed by atoms with van der Waals surface area (Å²) < 4.78 is 1.64. The smallest absolute Gasteiger partial charge is 0.315 e. The molecule has 0 atom stereocenters. The third-order valence-corrected chi connectivity index (χ3v) is 6.46. The number of nitrogens with two attached hydrogens (primary N) is 1. The van der Waals surface area contributed by atoms with Crippen LogP contribution in [-0.2, 0) is 25.9 Å². The zero-order valence-electron chi connectivity index (χ0n) is 15.6.